The number of nitrogens with two attached hydrogens (primary N) is 1. The van der Waals surface area contributed by atoms with Gasteiger partial charge in [0.1, 0.15) is 4.88 Å². The fourth-order valence-corrected chi connectivity index (χ4v) is 2.80. The van der Waals surface area contributed by atoms with Crippen LogP contribution in [0.1, 0.15) is 22.2 Å². The average Bonchev–Trinajstić information content (AvgIpc) is 2.65. The predicted octanol–water partition coefficient (Wildman–Crippen LogP) is 2.88. The summed E-state index contributed by atoms with van der Waals surface area (Å²) in [6.45, 7) is 4.66. The Bertz CT molecular complexity index is 574. The molecule has 0 saturated carbocycles. The normalized spacial score (nSPS) is 10.8. The first-order valence-corrected chi connectivity index (χ1v) is 6.40. The van der Waals surface area contributed by atoms with Crippen molar-refractivity contribution in [3.05, 3.63) is 28.6 Å². The van der Waals surface area contributed by atoms with Crippen LogP contribution in [0, 0.1) is 6.92 Å². The molecule has 17 heavy (non-hydrogen) atoms. The number of anilines is 1. The Morgan fingerprint density at radius 3 is 2.82 bits per heavy atom. The Balaban J connectivity index is 2.56. The van der Waals surface area contributed by atoms with Crippen LogP contribution in [-0.4, -0.2) is 24.4 Å². The van der Waals surface area contributed by atoms with E-state index >= 15 is 0 Å². The maximum Gasteiger partial charge on any atom is 0.265 e. The SMILES string of the molecule is CCN(C)C(=O)c1sc2ccc(C)cc2c1N. The van der Waals surface area contributed by atoms with Gasteiger partial charge in [0.15, 0.2) is 0 Å². The number of fused-ring (bicyclic) bond motifs is 1. The van der Waals surface area contributed by atoms with Crippen LogP contribution < -0.4 is 5.73 Å². The lowest BCUT2D eigenvalue weighted by Crippen LogP contribution is -2.25. The van der Waals surface area contributed by atoms with E-state index in [1.165, 1.54) is 11.3 Å². The Morgan fingerprint density at radius 1 is 1.47 bits per heavy atom. The van der Waals surface area contributed by atoms with Crippen molar-refractivity contribution < 1.29 is 4.79 Å². The molecule has 0 spiro atoms. The van der Waals surface area contributed by atoms with Crippen LogP contribution in [0.4, 0.5) is 5.69 Å². The summed E-state index contributed by atoms with van der Waals surface area (Å²) in [4.78, 5) is 14.4. The first kappa shape index (κ1) is 11.9. The Labute approximate surface area is 105 Å². The molecule has 0 atom stereocenters. The molecule has 0 aliphatic rings. The molecule has 0 fully saturated rings. The van der Waals surface area contributed by atoms with Gasteiger partial charge in [-0.3, -0.25) is 4.79 Å². The van der Waals surface area contributed by atoms with Gasteiger partial charge in [-0.05, 0) is 26.0 Å². The predicted molar refractivity (Wildman–Crippen MR) is 73.6 cm³/mol. The number of hydrogen-bond donors (Lipinski definition) is 1. The number of amides is 1. The average molecular weight is 248 g/mol. The first-order valence-electron chi connectivity index (χ1n) is 5.58. The molecule has 4 heteroatoms. The molecule has 3 nitrogen and oxygen atoms in total. The summed E-state index contributed by atoms with van der Waals surface area (Å²) in [6.07, 6.45) is 0. The second kappa shape index (κ2) is 4.37. The van der Waals surface area contributed by atoms with Crippen molar-refractivity contribution in [2.75, 3.05) is 19.3 Å². The number of carbonyl (C=O) groups is 1. The summed E-state index contributed by atoms with van der Waals surface area (Å²) >= 11 is 1.47. The highest BCUT2D eigenvalue weighted by Gasteiger charge is 2.18. The molecule has 0 unspecified atom stereocenters. The van der Waals surface area contributed by atoms with Crippen LogP contribution in [0.25, 0.3) is 10.1 Å². The van der Waals surface area contributed by atoms with Crippen LogP contribution in [0.5, 0.6) is 0 Å². The largest absolute Gasteiger partial charge is 0.397 e. The molecule has 2 N–H and O–H groups in total. The lowest BCUT2D eigenvalue weighted by atomic mass is 10.1. The van der Waals surface area contributed by atoms with E-state index in [4.69, 9.17) is 5.73 Å². The van der Waals surface area contributed by atoms with Gasteiger partial charge in [0.05, 0.1) is 5.69 Å². The summed E-state index contributed by atoms with van der Waals surface area (Å²) in [5.41, 5.74) is 7.83. The highest BCUT2D eigenvalue weighted by atomic mass is 32.1. The summed E-state index contributed by atoms with van der Waals surface area (Å²) in [6, 6.07) is 6.09. The molecule has 2 aromatic rings. The summed E-state index contributed by atoms with van der Waals surface area (Å²) in [7, 11) is 1.79. The molecule has 0 saturated heterocycles. The molecular weight excluding hydrogens is 232 g/mol. The van der Waals surface area contributed by atoms with Crippen molar-refractivity contribution in [2.45, 2.75) is 13.8 Å². The lowest BCUT2D eigenvalue weighted by molar-refractivity contribution is 0.0808. The van der Waals surface area contributed by atoms with Crippen LogP contribution in [0.2, 0.25) is 0 Å². The highest BCUT2D eigenvalue weighted by molar-refractivity contribution is 7.21. The molecule has 0 bridgehead atoms. The Hall–Kier alpha value is -1.55. The maximum atomic E-state index is 12.1. The standard InChI is InChI=1S/C13H16N2OS/c1-4-15(3)13(16)12-11(14)9-7-8(2)5-6-10(9)17-12/h5-7H,4,14H2,1-3H3. The van der Waals surface area contributed by atoms with E-state index in [0.717, 1.165) is 15.6 Å². The van der Waals surface area contributed by atoms with Gasteiger partial charge in [-0.15, -0.1) is 11.3 Å². The number of rotatable bonds is 2. The van der Waals surface area contributed by atoms with E-state index in [9.17, 15) is 4.79 Å². The third-order valence-electron chi connectivity index (χ3n) is 2.90. The molecule has 0 aliphatic carbocycles. The Morgan fingerprint density at radius 2 is 2.18 bits per heavy atom. The Kier molecular flexibility index (Phi) is 3.07. The van der Waals surface area contributed by atoms with Gasteiger partial charge in [-0.2, -0.15) is 0 Å². The van der Waals surface area contributed by atoms with Gasteiger partial charge in [0, 0.05) is 23.7 Å². The highest BCUT2D eigenvalue weighted by Crippen LogP contribution is 2.34. The number of carbonyl (C=O) groups excluding carboxylic acids is 1. The van der Waals surface area contributed by atoms with E-state index in [-0.39, 0.29) is 5.91 Å². The number of nitrogens with zero attached hydrogens (tertiary/aromatic N) is 1. The lowest BCUT2D eigenvalue weighted by Gasteiger charge is -2.13. The third kappa shape index (κ3) is 2.00. The van der Waals surface area contributed by atoms with Crippen LogP contribution in [-0.2, 0) is 0 Å². The molecular formula is C13H16N2OS. The minimum Gasteiger partial charge on any atom is -0.397 e. The van der Waals surface area contributed by atoms with Gasteiger partial charge < -0.3 is 10.6 Å². The minimum absolute atomic E-state index is 0.00357. The van der Waals surface area contributed by atoms with Crippen molar-refractivity contribution in [1.29, 1.82) is 0 Å². The number of hydrogen-bond acceptors (Lipinski definition) is 3. The van der Waals surface area contributed by atoms with Crippen molar-refractivity contribution in [3.8, 4) is 0 Å². The number of thiophene rings is 1. The molecule has 1 heterocycles. The summed E-state index contributed by atoms with van der Waals surface area (Å²) in [5, 5.41) is 0.989. The minimum atomic E-state index is 0.00357. The zero-order valence-electron chi connectivity index (χ0n) is 10.3. The number of benzene rings is 1. The molecule has 1 aromatic carbocycles. The second-order valence-electron chi connectivity index (χ2n) is 4.16. The van der Waals surface area contributed by atoms with Crippen LogP contribution >= 0.6 is 11.3 Å². The van der Waals surface area contributed by atoms with Crippen LogP contribution in [0.15, 0.2) is 18.2 Å². The fraction of sp³-hybridized carbons (Fsp3) is 0.308. The van der Waals surface area contributed by atoms with Crippen molar-refractivity contribution in [1.82, 2.24) is 4.90 Å². The van der Waals surface area contributed by atoms with Gasteiger partial charge >= 0.3 is 0 Å². The van der Waals surface area contributed by atoms with E-state index in [1.54, 1.807) is 11.9 Å². The zero-order chi connectivity index (χ0) is 12.6. The van der Waals surface area contributed by atoms with Gasteiger partial charge in [0.25, 0.3) is 5.91 Å². The summed E-state index contributed by atoms with van der Waals surface area (Å²) < 4.78 is 1.07. The first-order chi connectivity index (χ1) is 8.04. The zero-order valence-corrected chi connectivity index (χ0v) is 11.1. The molecule has 1 amide bonds. The number of aryl methyl sites for hydroxylation is 1. The van der Waals surface area contributed by atoms with Gasteiger partial charge in [-0.1, -0.05) is 11.6 Å². The van der Waals surface area contributed by atoms with E-state index < -0.39 is 0 Å². The topological polar surface area (TPSA) is 46.3 Å². The second-order valence-corrected chi connectivity index (χ2v) is 5.22. The summed E-state index contributed by atoms with van der Waals surface area (Å²) in [5.74, 6) is 0.00357. The molecule has 1 aromatic heterocycles. The van der Waals surface area contributed by atoms with E-state index in [0.29, 0.717) is 17.1 Å². The quantitative estimate of drug-likeness (QED) is 0.888. The monoisotopic (exact) mass is 248 g/mol. The van der Waals surface area contributed by atoms with Crippen molar-refractivity contribution in [2.24, 2.45) is 0 Å². The smallest absolute Gasteiger partial charge is 0.265 e. The van der Waals surface area contributed by atoms with Crippen LogP contribution in [0.3, 0.4) is 0 Å². The third-order valence-corrected chi connectivity index (χ3v) is 4.07. The molecule has 2 rings (SSSR count). The maximum absolute atomic E-state index is 12.1. The van der Waals surface area contributed by atoms with Crippen molar-refractivity contribution in [3.63, 3.8) is 0 Å². The van der Waals surface area contributed by atoms with E-state index in [2.05, 4.69) is 0 Å². The number of nitrogen functional groups attached to an aromatic ring is 1. The van der Waals surface area contributed by atoms with Gasteiger partial charge in [0.2, 0.25) is 0 Å². The molecule has 90 valence electrons. The fourth-order valence-electron chi connectivity index (χ4n) is 1.71. The van der Waals surface area contributed by atoms with Gasteiger partial charge in [-0.25, -0.2) is 0 Å². The van der Waals surface area contributed by atoms with E-state index in [1.807, 2.05) is 32.0 Å². The molecule has 0 radical (unpaired) electrons. The van der Waals surface area contributed by atoms with Crippen molar-refractivity contribution >= 4 is 33.0 Å². The molecule has 0 aliphatic heterocycles.